The van der Waals surface area contributed by atoms with Crippen molar-refractivity contribution in [1.82, 2.24) is 24.3 Å². The van der Waals surface area contributed by atoms with Crippen LogP contribution < -0.4 is 21.8 Å². The molecule has 0 saturated carbocycles. The fourth-order valence-electron chi connectivity index (χ4n) is 5.28. The maximum atomic E-state index is 6.78. The lowest BCUT2D eigenvalue weighted by atomic mass is 9.73. The smallest absolute Gasteiger partial charge is 0.211 e. The summed E-state index contributed by atoms with van der Waals surface area (Å²) in [5, 5.41) is 0.446. The Morgan fingerprint density at radius 1 is 1.09 bits per heavy atom. The number of imidazole rings is 1. The first-order valence-corrected chi connectivity index (χ1v) is 12.5. The molecule has 4 aromatic rings. The molecule has 1 saturated heterocycles. The number of hydrogen-bond acceptors (Lipinski definition) is 8. The molecule has 2 aliphatic rings. The van der Waals surface area contributed by atoms with Gasteiger partial charge in [-0.2, -0.15) is 0 Å². The van der Waals surface area contributed by atoms with E-state index < -0.39 is 0 Å². The minimum Gasteiger partial charge on any atom is -0.382 e. The average Bonchev–Trinajstić information content (AvgIpc) is 3.43. The molecule has 1 spiro atoms. The highest BCUT2D eigenvalue weighted by Crippen LogP contribution is 2.50. The lowest BCUT2D eigenvalue weighted by Crippen LogP contribution is -2.45. The standard InChI is InChI=1S/C23H24BClN8S/c24-13-9-14-15(30-11-13)10-23(19(14)26)2-6-32(7-3-23)22-31-12-17(21-29-5-8-33(21)22)34-16-1-4-28-20(27)18(16)25/h1,4-5,8-9,11-12,19H,2-3,6-7,10,24,26H2,(H2,27,28). The van der Waals surface area contributed by atoms with Crippen molar-refractivity contribution < 1.29 is 0 Å². The van der Waals surface area contributed by atoms with Crippen molar-refractivity contribution in [3.8, 4) is 0 Å². The molecule has 0 radical (unpaired) electrons. The first kappa shape index (κ1) is 21.7. The summed E-state index contributed by atoms with van der Waals surface area (Å²) in [5.41, 5.74) is 17.1. The van der Waals surface area contributed by atoms with E-state index in [-0.39, 0.29) is 11.5 Å². The highest BCUT2D eigenvalue weighted by molar-refractivity contribution is 7.99. The molecule has 4 N–H and O–H groups in total. The number of nitrogen functional groups attached to an aromatic ring is 1. The molecule has 1 fully saturated rings. The zero-order chi connectivity index (χ0) is 23.4. The summed E-state index contributed by atoms with van der Waals surface area (Å²) >= 11 is 7.84. The molecule has 34 heavy (non-hydrogen) atoms. The number of fused-ring (bicyclic) bond motifs is 2. The summed E-state index contributed by atoms with van der Waals surface area (Å²) in [6.45, 7) is 1.78. The van der Waals surface area contributed by atoms with Crippen LogP contribution in [0.4, 0.5) is 11.8 Å². The Bertz CT molecular complexity index is 1400. The van der Waals surface area contributed by atoms with Gasteiger partial charge in [0.1, 0.15) is 13.7 Å². The molecule has 0 aromatic carbocycles. The van der Waals surface area contributed by atoms with Crippen molar-refractivity contribution in [3.05, 3.63) is 59.4 Å². The largest absolute Gasteiger partial charge is 0.382 e. The number of piperidine rings is 1. The maximum Gasteiger partial charge on any atom is 0.211 e. The Hall–Kier alpha value is -2.82. The van der Waals surface area contributed by atoms with Crippen molar-refractivity contribution in [3.63, 3.8) is 0 Å². The number of aromatic nitrogens is 5. The molecule has 1 aliphatic carbocycles. The number of halogens is 1. The number of nitrogens with two attached hydrogens (primary N) is 2. The summed E-state index contributed by atoms with van der Waals surface area (Å²) < 4.78 is 2.05. The summed E-state index contributed by atoms with van der Waals surface area (Å²) in [7, 11) is 2.08. The lowest BCUT2D eigenvalue weighted by molar-refractivity contribution is 0.186. The van der Waals surface area contributed by atoms with Gasteiger partial charge in [-0.25, -0.2) is 15.0 Å². The van der Waals surface area contributed by atoms with E-state index in [1.54, 1.807) is 12.4 Å². The molecular formula is C23H24BClN8S. The van der Waals surface area contributed by atoms with Crippen LogP contribution in [0.15, 0.2) is 52.9 Å². The molecule has 6 rings (SSSR count). The molecule has 4 aromatic heterocycles. The van der Waals surface area contributed by atoms with Crippen LogP contribution in [-0.2, 0) is 6.42 Å². The fourth-order valence-corrected chi connectivity index (χ4v) is 6.41. The van der Waals surface area contributed by atoms with E-state index in [0.717, 1.165) is 53.7 Å². The van der Waals surface area contributed by atoms with E-state index in [0.29, 0.717) is 10.8 Å². The van der Waals surface area contributed by atoms with Crippen LogP contribution in [0.1, 0.15) is 30.1 Å². The van der Waals surface area contributed by atoms with Gasteiger partial charge >= 0.3 is 0 Å². The second-order valence-electron chi connectivity index (χ2n) is 9.21. The molecule has 0 amide bonds. The minimum atomic E-state index is 0.0367. The maximum absolute atomic E-state index is 6.78. The lowest BCUT2D eigenvalue weighted by Gasteiger charge is -2.42. The molecule has 172 valence electrons. The molecule has 1 unspecified atom stereocenters. The molecule has 1 atom stereocenters. The number of nitrogens with zero attached hydrogens (tertiary/aromatic N) is 6. The summed E-state index contributed by atoms with van der Waals surface area (Å²) in [6.07, 6.45) is 12.2. The molecule has 8 nitrogen and oxygen atoms in total. The van der Waals surface area contributed by atoms with Gasteiger partial charge in [0.2, 0.25) is 5.95 Å². The number of anilines is 2. The molecule has 11 heteroatoms. The second kappa shape index (κ2) is 8.14. The zero-order valence-corrected chi connectivity index (χ0v) is 20.4. The van der Waals surface area contributed by atoms with Gasteiger partial charge in [0.05, 0.1) is 9.92 Å². The number of pyridine rings is 2. The molecule has 5 heterocycles. The Labute approximate surface area is 207 Å². The summed E-state index contributed by atoms with van der Waals surface area (Å²) in [4.78, 5) is 22.2. The van der Waals surface area contributed by atoms with E-state index >= 15 is 0 Å². The highest BCUT2D eigenvalue weighted by atomic mass is 35.5. The Balaban J connectivity index is 1.25. The van der Waals surface area contributed by atoms with E-state index in [2.05, 4.69) is 33.8 Å². The van der Waals surface area contributed by atoms with Crippen molar-refractivity contribution in [2.75, 3.05) is 23.7 Å². The SMILES string of the molecule is Bc1cnc2c(c1)C(N)C1(CCN(c3ncc(Sc4ccnc(N)c4Cl)c4nccn34)CC1)C2. The van der Waals surface area contributed by atoms with Gasteiger partial charge in [0, 0.05) is 60.7 Å². The third kappa shape index (κ3) is 3.43. The second-order valence-corrected chi connectivity index (χ2v) is 10.7. The van der Waals surface area contributed by atoms with Crippen LogP contribution in [0, 0.1) is 5.41 Å². The van der Waals surface area contributed by atoms with Gasteiger partial charge in [-0.15, -0.1) is 0 Å². The third-order valence-electron chi connectivity index (χ3n) is 7.17. The Morgan fingerprint density at radius 2 is 1.91 bits per heavy atom. The average molecular weight is 491 g/mol. The van der Waals surface area contributed by atoms with Gasteiger partial charge in [0.15, 0.2) is 5.65 Å². The van der Waals surface area contributed by atoms with Crippen molar-refractivity contribution in [2.24, 2.45) is 11.1 Å². The van der Waals surface area contributed by atoms with Crippen LogP contribution in [0.5, 0.6) is 0 Å². The van der Waals surface area contributed by atoms with Gasteiger partial charge < -0.3 is 16.4 Å². The van der Waals surface area contributed by atoms with Gasteiger partial charge in [0.25, 0.3) is 0 Å². The van der Waals surface area contributed by atoms with Crippen LogP contribution in [0.3, 0.4) is 0 Å². The fraction of sp³-hybridized carbons (Fsp3) is 0.304. The minimum absolute atomic E-state index is 0.0367. The van der Waals surface area contributed by atoms with Crippen LogP contribution in [0.2, 0.25) is 5.02 Å². The van der Waals surface area contributed by atoms with E-state index in [9.17, 15) is 0 Å². The summed E-state index contributed by atoms with van der Waals surface area (Å²) in [6, 6.07) is 4.10. The quantitative estimate of drug-likeness (QED) is 0.420. The van der Waals surface area contributed by atoms with Crippen LogP contribution >= 0.6 is 23.4 Å². The molecule has 1 aliphatic heterocycles. The van der Waals surface area contributed by atoms with E-state index in [1.165, 1.54) is 28.5 Å². The Kier molecular flexibility index (Phi) is 5.20. The van der Waals surface area contributed by atoms with Gasteiger partial charge in [-0.05, 0) is 36.3 Å². The highest BCUT2D eigenvalue weighted by Gasteiger charge is 2.47. The molecule has 0 bridgehead atoms. The first-order chi connectivity index (χ1) is 16.4. The normalized spacial score (nSPS) is 19.1. The molecular weight excluding hydrogens is 467 g/mol. The summed E-state index contributed by atoms with van der Waals surface area (Å²) in [5.74, 6) is 1.21. The van der Waals surface area contributed by atoms with Crippen LogP contribution in [0.25, 0.3) is 5.65 Å². The van der Waals surface area contributed by atoms with Crippen molar-refractivity contribution in [1.29, 1.82) is 0 Å². The van der Waals surface area contributed by atoms with Crippen molar-refractivity contribution >= 4 is 54.1 Å². The predicted molar refractivity (Wildman–Crippen MR) is 138 cm³/mol. The number of hydrogen-bond donors (Lipinski definition) is 2. The van der Waals surface area contributed by atoms with E-state index in [1.807, 2.05) is 29.1 Å². The predicted octanol–water partition coefficient (Wildman–Crippen LogP) is 2.01. The zero-order valence-electron chi connectivity index (χ0n) is 18.8. The number of rotatable bonds is 3. The van der Waals surface area contributed by atoms with Gasteiger partial charge in [-0.3, -0.25) is 9.38 Å². The van der Waals surface area contributed by atoms with Crippen LogP contribution in [-0.4, -0.2) is 45.3 Å². The van der Waals surface area contributed by atoms with Crippen molar-refractivity contribution in [2.45, 2.75) is 35.1 Å². The monoisotopic (exact) mass is 490 g/mol. The van der Waals surface area contributed by atoms with Gasteiger partial charge in [-0.1, -0.05) is 34.9 Å². The van der Waals surface area contributed by atoms with E-state index in [4.69, 9.17) is 28.1 Å². The topological polar surface area (TPSA) is 111 Å². The Morgan fingerprint density at radius 3 is 2.74 bits per heavy atom. The third-order valence-corrected chi connectivity index (χ3v) is 8.75. The first-order valence-electron chi connectivity index (χ1n) is 11.3.